The maximum absolute atomic E-state index is 8.67. The number of benzene rings is 7. The van der Waals surface area contributed by atoms with E-state index in [0.29, 0.717) is 5.01 Å². The number of thiazole rings is 1. The van der Waals surface area contributed by atoms with E-state index in [-0.39, 0.29) is 22.4 Å². The molecule has 264 valence electrons. The first-order valence-electron chi connectivity index (χ1n) is 16.7. The number of rotatable bonds is 8. The Bertz CT molecular complexity index is 1920. The molecule has 8 rings (SSSR count). The van der Waals surface area contributed by atoms with Gasteiger partial charge >= 0.3 is 266 Å². The fourth-order valence-electron chi connectivity index (χ4n) is 5.49. The summed E-state index contributed by atoms with van der Waals surface area (Å²) < 4.78 is 10.1. The zero-order chi connectivity index (χ0) is 35.8. The number of nitriles is 1. The van der Waals surface area contributed by atoms with Gasteiger partial charge in [-0.3, -0.25) is 0 Å². The molecule has 0 amide bonds. The van der Waals surface area contributed by atoms with Crippen LogP contribution in [0.15, 0.2) is 206 Å². The van der Waals surface area contributed by atoms with Crippen molar-refractivity contribution in [2.24, 2.45) is 0 Å². The summed E-state index contributed by atoms with van der Waals surface area (Å²) in [5.74, 6) is 0. The Morgan fingerprint density at radius 3 is 1.02 bits per heavy atom. The number of aromatic nitrogens is 1. The molecule has 1 heterocycles. The summed E-state index contributed by atoms with van der Waals surface area (Å²) in [6, 6.07) is 74.3. The molecule has 0 aliphatic carbocycles. The van der Waals surface area contributed by atoms with Crippen molar-refractivity contribution in [1.82, 2.24) is 4.98 Å². The second-order valence-electron chi connectivity index (χ2n) is 11.4. The van der Waals surface area contributed by atoms with Crippen LogP contribution in [0.2, 0.25) is 0 Å². The molecular weight excluding hydrogens is 982 g/mol. The Labute approximate surface area is 346 Å². The normalized spacial score (nSPS) is 10.9. The van der Waals surface area contributed by atoms with Gasteiger partial charge in [0, 0.05) is 6.04 Å². The summed E-state index contributed by atoms with van der Waals surface area (Å²) >= 11 is -2.29. The molecule has 0 aliphatic heterocycles. The molecule has 0 saturated carbocycles. The minimum absolute atomic E-state index is 0. The molecule has 1 N–H and O–H groups in total. The molecule has 0 fully saturated rings. The van der Waals surface area contributed by atoms with E-state index in [1.165, 1.54) is 32.4 Å². The number of para-hydroxylation sites is 1. The molecule has 7 aromatic carbocycles. The molecule has 8 aromatic rings. The predicted octanol–water partition coefficient (Wildman–Crippen LogP) is 7.03. The van der Waals surface area contributed by atoms with Gasteiger partial charge in [-0.1, -0.05) is 12.1 Å². The topological polar surface area (TPSA) is 71.0 Å². The molecule has 8 heteroatoms. The first-order chi connectivity index (χ1) is 25.7. The first-order valence-corrected chi connectivity index (χ1v) is 25.2. The summed E-state index contributed by atoms with van der Waals surface area (Å²) in [6.07, 6.45) is 0. The Hall–Kier alpha value is -3.78. The molecule has 1 aromatic heterocycles. The molecule has 53 heavy (non-hydrogen) atoms. The zero-order valence-corrected chi connectivity index (χ0v) is 36.0. The summed E-state index contributed by atoms with van der Waals surface area (Å²) in [5, 5.41) is 17.8. The van der Waals surface area contributed by atoms with Crippen molar-refractivity contribution in [3.8, 4) is 6.07 Å². The van der Waals surface area contributed by atoms with Crippen molar-refractivity contribution < 1.29 is 27.6 Å². The van der Waals surface area contributed by atoms with Gasteiger partial charge in [-0.15, -0.1) is 11.3 Å². The molecule has 1 atom stereocenters. The van der Waals surface area contributed by atoms with Gasteiger partial charge in [0.2, 0.25) is 0 Å². The van der Waals surface area contributed by atoms with Crippen LogP contribution in [0.25, 0.3) is 15.7 Å². The van der Waals surface area contributed by atoms with Gasteiger partial charge in [-0.05, 0) is 12.1 Å². The molecule has 0 radical (unpaired) electrons. The molecule has 0 bridgehead atoms. The zero-order valence-electron chi connectivity index (χ0n) is 28.6. The third kappa shape index (κ3) is 11.4. The first kappa shape index (κ1) is 40.4. The molecule has 4 nitrogen and oxygen atoms in total. The van der Waals surface area contributed by atoms with Crippen molar-refractivity contribution in [2.45, 2.75) is 6.04 Å². The average Bonchev–Trinajstić information content (AvgIpc) is 3.66. The van der Waals surface area contributed by atoms with E-state index in [0.717, 1.165) is 10.2 Å². The van der Waals surface area contributed by atoms with Crippen LogP contribution in [0.3, 0.4) is 0 Å². The van der Waals surface area contributed by atoms with Crippen molar-refractivity contribution in [3.63, 3.8) is 0 Å². The van der Waals surface area contributed by atoms with E-state index in [1.807, 2.05) is 30.3 Å². The Morgan fingerprint density at radius 2 is 0.755 bits per heavy atom. The fraction of sp³-hybridized carbons (Fsp3) is 0.0222. The van der Waals surface area contributed by atoms with Gasteiger partial charge in [-0.25, -0.2) is 4.98 Å². The van der Waals surface area contributed by atoms with Gasteiger partial charge in [0.05, 0.1) is 21.3 Å². The van der Waals surface area contributed by atoms with E-state index in [9.17, 15) is 0 Å². The second-order valence-corrected chi connectivity index (χ2v) is 25.1. The van der Waals surface area contributed by atoms with Gasteiger partial charge in [-0.2, -0.15) is 5.26 Å². The summed E-state index contributed by atoms with van der Waals surface area (Å²) in [7, 11) is 0. The van der Waals surface area contributed by atoms with Crippen LogP contribution in [-0.2, 0) is 22.4 Å². The number of fused-ring (bicyclic) bond motifs is 1. The van der Waals surface area contributed by atoms with Gasteiger partial charge in [0.1, 0.15) is 0 Å². The van der Waals surface area contributed by atoms with Gasteiger partial charge < -0.3 is 10.7 Å². The number of hydrogen-bond acceptors (Lipinski definition) is 4. The van der Waals surface area contributed by atoms with E-state index in [1.54, 1.807) is 0 Å². The Kier molecular flexibility index (Phi) is 16.6. The summed E-state index contributed by atoms with van der Waals surface area (Å²) in [5.41, 5.74) is 3.79. The third-order valence-electron chi connectivity index (χ3n) is 7.87. The molecule has 0 spiro atoms. The van der Waals surface area contributed by atoms with Crippen LogP contribution < -0.4 is 21.1 Å². The predicted molar refractivity (Wildman–Crippen MR) is 221 cm³/mol. The number of hydrogen-bond donors (Lipinski definition) is 1. The SMILES string of the molecule is N#CC([N-]O)c1nc2ccccc2s1.[Ag+].c1cc[c]([Sb]([c]2ccccc2)[c]2ccccc2)cc1.c1cc[c]([Sb]([c]2ccccc2)[c]2ccccc2)cc1. The third-order valence-corrected chi connectivity index (χ3v) is 22.9. The van der Waals surface area contributed by atoms with E-state index < -0.39 is 46.5 Å². The molecule has 1 unspecified atom stereocenters. The molecule has 0 saturated heterocycles. The standard InChI is InChI=1S/C9H6N3OS.6C6H5.Ag.2Sb/c10-5-7(12-13)9-11-6-3-1-2-4-8(6)14-9;6*1-2-4-6-5-3-1;;;/h1-4,7,13H;6*1-5H;;;/q-1;;;;;;;+1;;. The quantitative estimate of drug-likeness (QED) is 0.132. The van der Waals surface area contributed by atoms with E-state index in [4.69, 9.17) is 10.5 Å². The molecular formula is C45H36AgN3OSSb2. The Balaban J connectivity index is 0.000000154. The molecule has 0 aliphatic rings. The van der Waals surface area contributed by atoms with E-state index >= 15 is 0 Å². The van der Waals surface area contributed by atoms with E-state index in [2.05, 4.69) is 192 Å². The van der Waals surface area contributed by atoms with Crippen molar-refractivity contribution in [1.29, 1.82) is 5.26 Å². The van der Waals surface area contributed by atoms with Crippen LogP contribution in [-0.4, -0.2) is 50.6 Å². The number of nitrogens with zero attached hydrogens (tertiary/aromatic N) is 3. The summed E-state index contributed by atoms with van der Waals surface area (Å²) in [4.78, 5) is 4.20. The van der Waals surface area contributed by atoms with Crippen molar-refractivity contribution in [2.75, 3.05) is 0 Å². The van der Waals surface area contributed by atoms with Crippen LogP contribution in [0.5, 0.6) is 0 Å². The maximum atomic E-state index is 8.67. The minimum atomic E-state index is -1.83. The van der Waals surface area contributed by atoms with Gasteiger partial charge in [0.15, 0.2) is 0 Å². The second kappa shape index (κ2) is 21.8. The van der Waals surface area contributed by atoms with Crippen LogP contribution in [0.1, 0.15) is 11.0 Å². The van der Waals surface area contributed by atoms with Crippen molar-refractivity contribution >= 4 is 83.0 Å². The van der Waals surface area contributed by atoms with Crippen LogP contribution >= 0.6 is 11.3 Å². The Morgan fingerprint density at radius 1 is 0.472 bits per heavy atom. The average molecular weight is 1020 g/mol. The monoisotopic (exact) mass is 1010 g/mol. The summed E-state index contributed by atoms with van der Waals surface area (Å²) in [6.45, 7) is 0. The van der Waals surface area contributed by atoms with Crippen molar-refractivity contribution in [3.05, 3.63) is 217 Å². The number of hydroxylamine groups is 1. The van der Waals surface area contributed by atoms with Crippen LogP contribution in [0.4, 0.5) is 0 Å². The fourth-order valence-corrected chi connectivity index (χ4v) is 19.6. The van der Waals surface area contributed by atoms with Crippen LogP contribution in [0, 0.1) is 11.3 Å². The van der Waals surface area contributed by atoms with Gasteiger partial charge in [0.25, 0.3) is 0 Å².